The molecule has 0 aliphatic carbocycles. The summed E-state index contributed by atoms with van der Waals surface area (Å²) in [5.74, 6) is 0.578. The zero-order chi connectivity index (χ0) is 23.3. The fourth-order valence-electron chi connectivity index (χ4n) is 3.62. The second-order valence-corrected chi connectivity index (χ2v) is 7.60. The number of ketones is 1. The van der Waals surface area contributed by atoms with Gasteiger partial charge in [-0.05, 0) is 49.2 Å². The lowest BCUT2D eigenvalue weighted by Crippen LogP contribution is -2.35. The average Bonchev–Trinajstić information content (AvgIpc) is 3.31. The Labute approximate surface area is 191 Å². The predicted octanol–water partition coefficient (Wildman–Crippen LogP) is 3.88. The van der Waals surface area contributed by atoms with Gasteiger partial charge in [0, 0.05) is 25.0 Å². The largest absolute Gasteiger partial charge is 0.437 e. The van der Waals surface area contributed by atoms with Crippen molar-refractivity contribution in [2.45, 2.75) is 12.8 Å². The molecule has 4 rings (SSSR count). The molecule has 8 heteroatoms. The van der Waals surface area contributed by atoms with Gasteiger partial charge >= 0.3 is 0 Å². The highest BCUT2D eigenvalue weighted by molar-refractivity contribution is 6.08. The maximum Gasteiger partial charge on any atom is 0.239 e. The predicted molar refractivity (Wildman–Crippen MR) is 125 cm³/mol. The van der Waals surface area contributed by atoms with Crippen molar-refractivity contribution in [3.8, 4) is 11.8 Å². The first-order valence-electron chi connectivity index (χ1n) is 10.5. The van der Waals surface area contributed by atoms with Crippen LogP contribution in [0.5, 0.6) is 5.75 Å². The van der Waals surface area contributed by atoms with Gasteiger partial charge in [0.1, 0.15) is 11.2 Å². The molecule has 0 unspecified atom stereocenters. The van der Waals surface area contributed by atoms with E-state index < -0.39 is 5.41 Å². The quantitative estimate of drug-likeness (QED) is 0.325. The lowest BCUT2D eigenvalue weighted by molar-refractivity contribution is 0.0521. The maximum atomic E-state index is 12.8. The molecule has 2 aromatic carbocycles. The average molecular weight is 441 g/mol. The lowest BCUT2D eigenvalue weighted by atomic mass is 9.79. The molecule has 0 amide bonds. The molecular weight excluding hydrogens is 418 g/mol. The zero-order valence-corrected chi connectivity index (χ0v) is 18.0. The monoisotopic (exact) mass is 441 g/mol. The van der Waals surface area contributed by atoms with Crippen LogP contribution in [0, 0.1) is 16.7 Å². The van der Waals surface area contributed by atoms with Gasteiger partial charge in [-0.15, -0.1) is 0 Å². The molecule has 1 fully saturated rings. The molecule has 0 atom stereocenters. The highest BCUT2D eigenvalue weighted by Gasteiger charge is 2.38. The number of rotatable bonds is 7. The number of para-hydroxylation sites is 2. The Morgan fingerprint density at radius 1 is 1.24 bits per heavy atom. The fraction of sp³-hybridized carbons (Fsp3) is 0.200. The van der Waals surface area contributed by atoms with E-state index >= 15 is 0 Å². The number of fused-ring (bicyclic) bond motifs is 1. The number of nitriles is 1. The zero-order valence-electron chi connectivity index (χ0n) is 18.0. The van der Waals surface area contributed by atoms with Crippen molar-refractivity contribution in [2.24, 2.45) is 16.1 Å². The highest BCUT2D eigenvalue weighted by atomic mass is 16.5. The van der Waals surface area contributed by atoms with Crippen LogP contribution in [0.25, 0.3) is 11.0 Å². The number of aliphatic imine (C=N–C) groups is 1. The number of carbonyl (C=O) groups is 1. The molecule has 0 saturated carbocycles. The molecule has 33 heavy (non-hydrogen) atoms. The van der Waals surface area contributed by atoms with Gasteiger partial charge in [0.05, 0.1) is 22.8 Å². The number of nitrogens with two attached hydrogens (primary N) is 1. The Morgan fingerprint density at radius 2 is 1.97 bits per heavy atom. The fourth-order valence-corrected chi connectivity index (χ4v) is 3.62. The summed E-state index contributed by atoms with van der Waals surface area (Å²) in [4.78, 5) is 24.5. The summed E-state index contributed by atoms with van der Waals surface area (Å²) in [5, 5.41) is 9.82. The molecule has 8 nitrogen and oxygen atoms in total. The van der Waals surface area contributed by atoms with Crippen LogP contribution in [0.15, 0.2) is 77.8 Å². The third-order valence-corrected chi connectivity index (χ3v) is 5.54. The number of carbonyl (C=O) groups excluding carboxylic acids is 1. The van der Waals surface area contributed by atoms with Crippen LogP contribution in [0.3, 0.4) is 0 Å². The van der Waals surface area contributed by atoms with Gasteiger partial charge in [0.15, 0.2) is 5.82 Å². The number of imidazole rings is 1. The van der Waals surface area contributed by atoms with Crippen molar-refractivity contribution in [3.63, 3.8) is 0 Å². The van der Waals surface area contributed by atoms with Crippen molar-refractivity contribution in [1.29, 1.82) is 5.26 Å². The van der Waals surface area contributed by atoms with E-state index in [0.717, 1.165) is 11.0 Å². The number of ether oxygens (including phenoxy) is 2. The van der Waals surface area contributed by atoms with Crippen molar-refractivity contribution >= 4 is 23.0 Å². The number of benzene rings is 2. The topological polar surface area (TPSA) is 126 Å². The van der Waals surface area contributed by atoms with Gasteiger partial charge in [0.25, 0.3) is 0 Å². The molecule has 3 aromatic rings. The van der Waals surface area contributed by atoms with E-state index in [0.29, 0.717) is 37.4 Å². The maximum absolute atomic E-state index is 12.8. The van der Waals surface area contributed by atoms with E-state index in [9.17, 15) is 10.1 Å². The smallest absolute Gasteiger partial charge is 0.239 e. The molecular formula is C25H23N5O3. The molecule has 1 aromatic heterocycles. The summed E-state index contributed by atoms with van der Waals surface area (Å²) in [6, 6.07) is 16.4. The summed E-state index contributed by atoms with van der Waals surface area (Å²) >= 11 is 0. The van der Waals surface area contributed by atoms with E-state index in [1.54, 1.807) is 24.3 Å². The third kappa shape index (κ3) is 4.54. The molecule has 1 saturated heterocycles. The van der Waals surface area contributed by atoms with Crippen molar-refractivity contribution < 1.29 is 14.3 Å². The number of hydrogen-bond donors (Lipinski definition) is 2. The summed E-state index contributed by atoms with van der Waals surface area (Å²) in [5.41, 5.74) is 7.69. The van der Waals surface area contributed by atoms with Crippen LogP contribution in [0.4, 0.5) is 0 Å². The summed E-state index contributed by atoms with van der Waals surface area (Å²) < 4.78 is 11.3. The minimum atomic E-state index is -0.913. The van der Waals surface area contributed by atoms with Crippen LogP contribution in [0.2, 0.25) is 0 Å². The number of nitrogens with zero attached hydrogens (tertiary/aromatic N) is 3. The molecule has 166 valence electrons. The molecule has 2 heterocycles. The first-order valence-corrected chi connectivity index (χ1v) is 10.5. The molecule has 0 spiro atoms. The SMILES string of the molecule is C=CC=N/C(Oc1ccc(C(=O)c2nc3ccccc3[nH]2)cc1)=C(\N)C1(C#N)CCOCC1. The summed E-state index contributed by atoms with van der Waals surface area (Å²) in [7, 11) is 0. The van der Waals surface area contributed by atoms with Crippen LogP contribution in [0.1, 0.15) is 29.0 Å². The second kappa shape index (κ2) is 9.51. The summed E-state index contributed by atoms with van der Waals surface area (Å²) in [6.45, 7) is 4.50. The van der Waals surface area contributed by atoms with Gasteiger partial charge in [-0.3, -0.25) is 4.79 Å². The number of aromatic amines is 1. The highest BCUT2D eigenvalue weighted by Crippen LogP contribution is 2.37. The molecule has 1 aliphatic rings. The van der Waals surface area contributed by atoms with Gasteiger partial charge in [-0.1, -0.05) is 24.8 Å². The second-order valence-electron chi connectivity index (χ2n) is 7.60. The van der Waals surface area contributed by atoms with E-state index in [2.05, 4.69) is 27.6 Å². The van der Waals surface area contributed by atoms with Gasteiger partial charge in [0.2, 0.25) is 11.7 Å². The molecule has 0 bridgehead atoms. The molecule has 0 radical (unpaired) electrons. The Kier molecular flexibility index (Phi) is 6.33. The number of hydrogen-bond acceptors (Lipinski definition) is 7. The van der Waals surface area contributed by atoms with Crippen molar-refractivity contribution in [1.82, 2.24) is 9.97 Å². The normalized spacial score (nSPS) is 16.2. The Balaban J connectivity index is 1.59. The van der Waals surface area contributed by atoms with Crippen LogP contribution in [-0.4, -0.2) is 35.2 Å². The lowest BCUT2D eigenvalue weighted by Gasteiger charge is -2.31. The number of nitrogens with one attached hydrogen (secondary N) is 1. The molecule has 1 aliphatic heterocycles. The van der Waals surface area contributed by atoms with Gasteiger partial charge < -0.3 is 20.2 Å². The first-order chi connectivity index (χ1) is 16.1. The standard InChI is InChI=1S/C25H23N5O3/c1-2-13-28-24(22(27)25(16-26)11-14-32-15-12-25)33-18-9-7-17(8-10-18)21(31)23-29-19-5-3-4-6-20(19)30-23/h2-10,13H,1,11-12,14-15,27H2,(H,29,30)/b24-22+,28-13?. The van der Waals surface area contributed by atoms with Crippen molar-refractivity contribution in [2.75, 3.05) is 13.2 Å². The number of aromatic nitrogens is 2. The minimum Gasteiger partial charge on any atom is -0.437 e. The van der Waals surface area contributed by atoms with Crippen LogP contribution >= 0.6 is 0 Å². The van der Waals surface area contributed by atoms with E-state index in [1.165, 1.54) is 12.3 Å². The number of H-pyrrole nitrogens is 1. The van der Waals surface area contributed by atoms with E-state index in [1.807, 2.05) is 24.3 Å². The Hall–Kier alpha value is -4.22. The first kappa shape index (κ1) is 22.0. The minimum absolute atomic E-state index is 0.120. The van der Waals surface area contributed by atoms with Gasteiger partial charge in [-0.25, -0.2) is 9.98 Å². The Bertz CT molecular complexity index is 1240. The number of allylic oxidation sites excluding steroid dienone is 2. The van der Waals surface area contributed by atoms with Crippen LogP contribution in [-0.2, 0) is 4.74 Å². The van der Waals surface area contributed by atoms with Crippen LogP contribution < -0.4 is 10.5 Å². The van der Waals surface area contributed by atoms with Crippen molar-refractivity contribution in [3.05, 3.63) is 84.2 Å². The van der Waals surface area contributed by atoms with E-state index in [4.69, 9.17) is 15.2 Å². The van der Waals surface area contributed by atoms with Gasteiger partial charge in [-0.2, -0.15) is 5.26 Å². The third-order valence-electron chi connectivity index (χ3n) is 5.54. The molecule has 3 N–H and O–H groups in total. The Morgan fingerprint density at radius 3 is 2.64 bits per heavy atom. The van der Waals surface area contributed by atoms with E-state index in [-0.39, 0.29) is 23.2 Å². The summed E-state index contributed by atoms with van der Waals surface area (Å²) in [6.07, 6.45) is 3.86.